The molecular formula is C17H14ClF7O2. The molecule has 150 valence electrons. The minimum atomic E-state index is -4.94. The highest BCUT2D eigenvalue weighted by atomic mass is 35.5. The lowest BCUT2D eigenvalue weighted by atomic mass is 9.87. The Morgan fingerprint density at radius 3 is 1.93 bits per heavy atom. The Morgan fingerprint density at radius 1 is 1.11 bits per heavy atom. The van der Waals surface area contributed by atoms with E-state index in [1.165, 1.54) is 13.8 Å². The van der Waals surface area contributed by atoms with Gasteiger partial charge in [0, 0.05) is 17.0 Å². The van der Waals surface area contributed by atoms with Crippen LogP contribution in [0.5, 0.6) is 0 Å². The summed E-state index contributed by atoms with van der Waals surface area (Å²) in [6.45, 7) is 3.32. The fraction of sp³-hybridized carbons (Fsp3) is 0.471. The van der Waals surface area contributed by atoms with Gasteiger partial charge >= 0.3 is 12.1 Å². The lowest BCUT2D eigenvalue weighted by Crippen LogP contribution is -2.26. The van der Waals surface area contributed by atoms with Crippen molar-refractivity contribution >= 4 is 17.6 Å². The van der Waals surface area contributed by atoms with Crippen molar-refractivity contribution < 1.29 is 40.6 Å². The van der Waals surface area contributed by atoms with Crippen LogP contribution in [0, 0.1) is 46.9 Å². The van der Waals surface area contributed by atoms with E-state index in [-0.39, 0.29) is 0 Å². The Morgan fingerprint density at radius 2 is 1.56 bits per heavy atom. The Bertz CT molecular complexity index is 816. The molecule has 1 fully saturated rings. The monoisotopic (exact) mass is 418 g/mol. The molecule has 2 nitrogen and oxygen atoms in total. The lowest BCUT2D eigenvalue weighted by molar-refractivity contribution is -0.145. The Labute approximate surface area is 154 Å². The van der Waals surface area contributed by atoms with E-state index >= 15 is 0 Å². The van der Waals surface area contributed by atoms with E-state index < -0.39 is 74.7 Å². The average Bonchev–Trinajstić information content (AvgIpc) is 3.02. The molecule has 1 aliphatic carbocycles. The predicted molar refractivity (Wildman–Crippen MR) is 82.0 cm³/mol. The van der Waals surface area contributed by atoms with E-state index in [4.69, 9.17) is 11.6 Å². The normalized spacial score (nSPS) is 24.9. The first-order valence-corrected chi connectivity index (χ1v) is 7.97. The first-order chi connectivity index (χ1) is 12.1. The first kappa shape index (κ1) is 21.5. The van der Waals surface area contributed by atoms with Crippen molar-refractivity contribution in [2.24, 2.45) is 16.7 Å². The molecule has 1 saturated carbocycles. The number of carboxylic acid groups (broad SMARTS) is 1. The maximum absolute atomic E-state index is 14.2. The van der Waals surface area contributed by atoms with E-state index in [1.807, 2.05) is 0 Å². The minimum absolute atomic E-state index is 0.451. The van der Waals surface area contributed by atoms with Gasteiger partial charge in [-0.2, -0.15) is 13.2 Å². The minimum Gasteiger partial charge on any atom is -0.481 e. The number of hydrogen-bond acceptors (Lipinski definition) is 1. The highest BCUT2D eigenvalue weighted by molar-refractivity contribution is 6.30. The molecule has 0 aliphatic heterocycles. The zero-order valence-electron chi connectivity index (χ0n) is 14.2. The lowest BCUT2D eigenvalue weighted by Gasteiger charge is -2.18. The van der Waals surface area contributed by atoms with Gasteiger partial charge in [0.1, 0.15) is 5.03 Å². The van der Waals surface area contributed by atoms with Gasteiger partial charge in [0.05, 0.1) is 5.41 Å². The summed E-state index contributed by atoms with van der Waals surface area (Å²) in [5.74, 6) is -9.98. The molecule has 27 heavy (non-hydrogen) atoms. The molecule has 0 amide bonds. The second kappa shape index (κ2) is 6.39. The summed E-state index contributed by atoms with van der Waals surface area (Å²) in [5, 5.41) is 7.98. The summed E-state index contributed by atoms with van der Waals surface area (Å²) in [5.41, 5.74) is -5.65. The van der Waals surface area contributed by atoms with Gasteiger partial charge in [0.25, 0.3) is 0 Å². The summed E-state index contributed by atoms with van der Waals surface area (Å²) in [6.07, 6.45) is -5.54. The number of carboxylic acids is 1. The molecule has 0 saturated heterocycles. The molecular weight excluding hydrogens is 405 g/mol. The van der Waals surface area contributed by atoms with E-state index in [9.17, 15) is 40.6 Å². The van der Waals surface area contributed by atoms with Crippen molar-refractivity contribution in [3.63, 3.8) is 0 Å². The van der Waals surface area contributed by atoms with E-state index in [1.54, 1.807) is 0 Å². The van der Waals surface area contributed by atoms with Crippen LogP contribution in [-0.4, -0.2) is 17.3 Å². The number of alkyl halides is 3. The molecule has 2 atom stereocenters. The SMILES string of the molecule is Cc1c(F)c(F)c(CC2(C(=O)O)C(/C=C(/Cl)C(F)(F)F)C2(C)C)c(F)c1F. The van der Waals surface area contributed by atoms with Crippen LogP contribution in [0.1, 0.15) is 25.0 Å². The maximum Gasteiger partial charge on any atom is 0.426 e. The second-order valence-corrected chi connectivity index (χ2v) is 7.43. The molecule has 10 heteroatoms. The second-order valence-electron chi connectivity index (χ2n) is 7.02. The van der Waals surface area contributed by atoms with Crippen molar-refractivity contribution in [2.45, 2.75) is 33.4 Å². The zero-order valence-corrected chi connectivity index (χ0v) is 15.0. The van der Waals surface area contributed by atoms with Crippen LogP contribution in [-0.2, 0) is 11.2 Å². The summed E-state index contributed by atoms with van der Waals surface area (Å²) in [6, 6.07) is 0. The van der Waals surface area contributed by atoms with Crippen LogP contribution in [0.2, 0.25) is 0 Å². The average molecular weight is 419 g/mol. The molecule has 1 N–H and O–H groups in total. The Kier molecular flexibility index (Phi) is 5.10. The van der Waals surface area contributed by atoms with E-state index in [2.05, 4.69) is 0 Å². The quantitative estimate of drug-likeness (QED) is 0.517. The zero-order chi connectivity index (χ0) is 21.1. The summed E-state index contributed by atoms with van der Waals surface area (Å²) >= 11 is 5.16. The van der Waals surface area contributed by atoms with Crippen molar-refractivity contribution in [2.75, 3.05) is 0 Å². The summed E-state index contributed by atoms with van der Waals surface area (Å²) in [7, 11) is 0. The molecule has 2 unspecified atom stereocenters. The molecule has 0 heterocycles. The van der Waals surface area contributed by atoms with Gasteiger partial charge in [-0.3, -0.25) is 4.79 Å². The van der Waals surface area contributed by atoms with Crippen LogP contribution in [0.25, 0.3) is 0 Å². The molecule has 0 bridgehead atoms. The van der Waals surface area contributed by atoms with Crippen molar-refractivity contribution in [3.05, 3.63) is 45.5 Å². The third-order valence-electron chi connectivity index (χ3n) is 5.37. The molecule has 0 radical (unpaired) electrons. The van der Waals surface area contributed by atoms with Gasteiger partial charge in [-0.15, -0.1) is 0 Å². The van der Waals surface area contributed by atoms with E-state index in [0.717, 1.165) is 6.92 Å². The van der Waals surface area contributed by atoms with Gasteiger partial charge in [0.2, 0.25) is 0 Å². The van der Waals surface area contributed by atoms with Crippen LogP contribution in [0.4, 0.5) is 30.7 Å². The number of allylic oxidation sites excluding steroid dienone is 2. The van der Waals surface area contributed by atoms with Crippen LogP contribution >= 0.6 is 11.6 Å². The number of carbonyl (C=O) groups is 1. The Balaban J connectivity index is 2.60. The van der Waals surface area contributed by atoms with E-state index in [0.29, 0.717) is 6.08 Å². The van der Waals surface area contributed by atoms with Crippen LogP contribution in [0.3, 0.4) is 0 Å². The van der Waals surface area contributed by atoms with Crippen LogP contribution < -0.4 is 0 Å². The number of rotatable bonds is 4. The number of benzene rings is 1. The van der Waals surface area contributed by atoms with Gasteiger partial charge in [-0.05, 0) is 18.8 Å². The third-order valence-corrected chi connectivity index (χ3v) is 5.71. The molecule has 1 aromatic carbocycles. The maximum atomic E-state index is 14.2. The van der Waals surface area contributed by atoms with Gasteiger partial charge in [-0.25, -0.2) is 17.6 Å². The van der Waals surface area contributed by atoms with Crippen molar-refractivity contribution in [1.82, 2.24) is 0 Å². The number of hydrogen-bond donors (Lipinski definition) is 1. The predicted octanol–water partition coefficient (Wildman–Crippen LogP) is 5.51. The summed E-state index contributed by atoms with van der Waals surface area (Å²) < 4.78 is 93.9. The highest BCUT2D eigenvalue weighted by Crippen LogP contribution is 2.71. The van der Waals surface area contributed by atoms with Crippen molar-refractivity contribution in [3.8, 4) is 0 Å². The standard InChI is InChI=1S/C17H14ClF7O2/c1-6-10(19)12(21)7(13(22)11(6)20)5-16(14(26)27)8(15(16,2)3)4-9(18)17(23,24)25/h4,8H,5H2,1-3H3,(H,26,27)/b9-4+. The molecule has 2 rings (SSSR count). The smallest absolute Gasteiger partial charge is 0.426 e. The number of halogens is 8. The fourth-order valence-corrected chi connectivity index (χ4v) is 3.66. The third kappa shape index (κ3) is 3.09. The van der Waals surface area contributed by atoms with Crippen molar-refractivity contribution in [1.29, 1.82) is 0 Å². The molecule has 1 aliphatic rings. The highest BCUT2D eigenvalue weighted by Gasteiger charge is 2.75. The Hall–Kier alpha value is -1.77. The molecule has 0 aromatic heterocycles. The fourth-order valence-electron chi connectivity index (χ4n) is 3.53. The van der Waals surface area contributed by atoms with Gasteiger partial charge in [0.15, 0.2) is 23.3 Å². The first-order valence-electron chi connectivity index (χ1n) is 7.60. The largest absolute Gasteiger partial charge is 0.481 e. The molecule has 0 spiro atoms. The summed E-state index contributed by atoms with van der Waals surface area (Å²) in [4.78, 5) is 11.8. The molecule has 1 aromatic rings. The number of aliphatic carboxylic acids is 1. The van der Waals surface area contributed by atoms with Gasteiger partial charge in [-0.1, -0.05) is 31.5 Å². The van der Waals surface area contributed by atoms with Crippen LogP contribution in [0.15, 0.2) is 11.1 Å². The van der Waals surface area contributed by atoms with Gasteiger partial charge < -0.3 is 5.11 Å². The topological polar surface area (TPSA) is 37.3 Å².